The minimum absolute atomic E-state index is 0.309. The molecule has 1 heterocycles. The molecule has 1 aromatic rings. The summed E-state index contributed by atoms with van der Waals surface area (Å²) >= 11 is 1.20. The van der Waals surface area contributed by atoms with Gasteiger partial charge in [0.05, 0.1) is 11.6 Å². The molecule has 16 heavy (non-hydrogen) atoms. The van der Waals surface area contributed by atoms with Crippen LogP contribution in [0.4, 0.5) is 9.80 Å². The van der Waals surface area contributed by atoms with Crippen molar-refractivity contribution in [1.82, 2.24) is 5.32 Å². The van der Waals surface area contributed by atoms with Crippen LogP contribution in [0.25, 0.3) is 0 Å². The maximum Gasteiger partial charge on any atom is 0.348 e. The number of thiophene rings is 1. The average molecular weight is 242 g/mol. The van der Waals surface area contributed by atoms with E-state index in [4.69, 9.17) is 4.74 Å². The summed E-state index contributed by atoms with van der Waals surface area (Å²) in [4.78, 5) is 23.1. The zero-order valence-electron chi connectivity index (χ0n) is 9.42. The molecule has 0 aliphatic heterocycles. The van der Waals surface area contributed by atoms with E-state index >= 15 is 0 Å². The number of anilines is 1. The van der Waals surface area contributed by atoms with Crippen LogP contribution in [-0.4, -0.2) is 25.7 Å². The highest BCUT2D eigenvalue weighted by Gasteiger charge is 2.15. The third-order valence-electron chi connectivity index (χ3n) is 1.84. The van der Waals surface area contributed by atoms with Gasteiger partial charge in [-0.05, 0) is 25.5 Å². The minimum Gasteiger partial charge on any atom is -0.462 e. The highest BCUT2D eigenvalue weighted by molar-refractivity contribution is 7.18. The van der Waals surface area contributed by atoms with Crippen LogP contribution in [0.15, 0.2) is 6.07 Å². The highest BCUT2D eigenvalue weighted by atomic mass is 32.1. The fraction of sp³-hybridized carbons (Fsp3) is 0.400. The number of esters is 1. The molecule has 0 unspecified atom stereocenters. The second kappa shape index (κ2) is 5.50. The number of amides is 2. The summed E-state index contributed by atoms with van der Waals surface area (Å²) in [5.74, 6) is -0.352. The summed E-state index contributed by atoms with van der Waals surface area (Å²) in [7, 11) is 1.53. The van der Waals surface area contributed by atoms with Crippen LogP contribution < -0.4 is 10.6 Å². The van der Waals surface area contributed by atoms with E-state index in [-0.39, 0.29) is 12.0 Å². The molecule has 2 N–H and O–H groups in total. The van der Waals surface area contributed by atoms with Crippen molar-refractivity contribution in [3.8, 4) is 0 Å². The molecule has 0 radical (unpaired) electrons. The van der Waals surface area contributed by atoms with E-state index in [1.54, 1.807) is 19.9 Å². The van der Waals surface area contributed by atoms with Crippen LogP contribution in [0.5, 0.6) is 0 Å². The Hall–Kier alpha value is -1.56. The molecule has 0 fully saturated rings. The first-order valence-corrected chi connectivity index (χ1v) is 5.66. The molecule has 0 aromatic carbocycles. The Labute approximate surface area is 97.8 Å². The molecule has 0 aliphatic carbocycles. The topological polar surface area (TPSA) is 67.4 Å². The summed E-state index contributed by atoms with van der Waals surface area (Å²) in [6.07, 6.45) is 0. The van der Waals surface area contributed by atoms with E-state index in [0.717, 1.165) is 5.56 Å². The highest BCUT2D eigenvalue weighted by Crippen LogP contribution is 2.27. The third kappa shape index (κ3) is 2.96. The van der Waals surface area contributed by atoms with Gasteiger partial charge in [-0.2, -0.15) is 0 Å². The predicted molar refractivity (Wildman–Crippen MR) is 63.1 cm³/mol. The van der Waals surface area contributed by atoms with Gasteiger partial charge in [0.2, 0.25) is 0 Å². The van der Waals surface area contributed by atoms with E-state index < -0.39 is 0 Å². The maximum absolute atomic E-state index is 11.5. The van der Waals surface area contributed by atoms with Gasteiger partial charge in [-0.3, -0.25) is 5.32 Å². The fourth-order valence-electron chi connectivity index (χ4n) is 1.12. The van der Waals surface area contributed by atoms with Crippen molar-refractivity contribution < 1.29 is 14.3 Å². The van der Waals surface area contributed by atoms with Crippen molar-refractivity contribution in [3.63, 3.8) is 0 Å². The Morgan fingerprint density at radius 2 is 2.19 bits per heavy atom. The molecular formula is C10H14N2O3S. The number of nitrogens with one attached hydrogen (secondary N) is 2. The zero-order chi connectivity index (χ0) is 12.1. The van der Waals surface area contributed by atoms with E-state index in [0.29, 0.717) is 16.5 Å². The number of carbonyl (C=O) groups excluding carboxylic acids is 2. The van der Waals surface area contributed by atoms with Crippen molar-refractivity contribution in [2.45, 2.75) is 13.8 Å². The van der Waals surface area contributed by atoms with Crippen molar-refractivity contribution in [3.05, 3.63) is 16.5 Å². The first-order valence-electron chi connectivity index (χ1n) is 4.84. The summed E-state index contributed by atoms with van der Waals surface area (Å²) in [6.45, 7) is 3.90. The quantitative estimate of drug-likeness (QED) is 0.796. The number of hydrogen-bond acceptors (Lipinski definition) is 4. The largest absolute Gasteiger partial charge is 0.462 e. The lowest BCUT2D eigenvalue weighted by atomic mass is 10.3. The summed E-state index contributed by atoms with van der Waals surface area (Å²) < 4.78 is 4.90. The minimum atomic E-state index is -0.352. The van der Waals surface area contributed by atoms with Gasteiger partial charge in [-0.25, -0.2) is 9.59 Å². The molecular weight excluding hydrogens is 228 g/mol. The van der Waals surface area contributed by atoms with Gasteiger partial charge in [0, 0.05) is 7.05 Å². The van der Waals surface area contributed by atoms with Crippen LogP contribution in [0.3, 0.4) is 0 Å². The first-order chi connectivity index (χ1) is 7.58. The zero-order valence-corrected chi connectivity index (χ0v) is 10.2. The molecule has 1 aromatic heterocycles. The van der Waals surface area contributed by atoms with Gasteiger partial charge in [-0.1, -0.05) is 0 Å². The van der Waals surface area contributed by atoms with Gasteiger partial charge in [0.25, 0.3) is 0 Å². The van der Waals surface area contributed by atoms with E-state index in [9.17, 15) is 9.59 Å². The average Bonchev–Trinajstić information content (AvgIpc) is 2.59. The van der Waals surface area contributed by atoms with Crippen molar-refractivity contribution in [2.24, 2.45) is 0 Å². The first kappa shape index (κ1) is 12.5. The number of hydrogen-bond donors (Lipinski definition) is 2. The predicted octanol–water partition coefficient (Wildman–Crippen LogP) is 1.98. The smallest absolute Gasteiger partial charge is 0.348 e. The second-order valence-electron chi connectivity index (χ2n) is 3.05. The van der Waals surface area contributed by atoms with Crippen molar-refractivity contribution in [2.75, 3.05) is 19.0 Å². The molecule has 88 valence electrons. The number of rotatable bonds is 3. The van der Waals surface area contributed by atoms with E-state index in [1.807, 2.05) is 0 Å². The Morgan fingerprint density at radius 3 is 2.75 bits per heavy atom. The molecule has 6 heteroatoms. The van der Waals surface area contributed by atoms with E-state index in [1.165, 1.54) is 18.4 Å². The summed E-state index contributed by atoms with van der Waals surface area (Å²) in [6, 6.07) is 1.43. The summed E-state index contributed by atoms with van der Waals surface area (Å²) in [5.41, 5.74) is 0.801. The Morgan fingerprint density at radius 1 is 1.50 bits per heavy atom. The lowest BCUT2D eigenvalue weighted by Gasteiger charge is -1.99. The normalized spacial score (nSPS) is 9.69. The molecule has 0 aliphatic rings. The monoisotopic (exact) mass is 242 g/mol. The Kier molecular flexibility index (Phi) is 4.30. The van der Waals surface area contributed by atoms with Crippen LogP contribution in [0.2, 0.25) is 0 Å². The fourth-order valence-corrected chi connectivity index (χ4v) is 2.08. The Bertz CT molecular complexity index is 401. The molecule has 5 nitrogen and oxygen atoms in total. The lowest BCUT2D eigenvalue weighted by Crippen LogP contribution is -2.23. The SMILES string of the molecule is CCOC(=O)c1sc(NC(=O)NC)cc1C. The van der Waals surface area contributed by atoms with Gasteiger partial charge in [0.1, 0.15) is 4.88 Å². The van der Waals surface area contributed by atoms with Crippen LogP contribution >= 0.6 is 11.3 Å². The van der Waals surface area contributed by atoms with Gasteiger partial charge >= 0.3 is 12.0 Å². The van der Waals surface area contributed by atoms with Gasteiger partial charge in [-0.15, -0.1) is 11.3 Å². The summed E-state index contributed by atoms with van der Waals surface area (Å²) in [5, 5.41) is 5.67. The standard InChI is InChI=1S/C10H14N2O3S/c1-4-15-9(13)8-6(2)5-7(16-8)12-10(14)11-3/h5H,4H2,1-3H3,(H2,11,12,14). The second-order valence-corrected chi connectivity index (χ2v) is 4.10. The maximum atomic E-state index is 11.5. The molecule has 0 spiro atoms. The molecule has 1 rings (SSSR count). The van der Waals surface area contributed by atoms with Crippen molar-refractivity contribution >= 4 is 28.3 Å². The third-order valence-corrected chi connectivity index (χ3v) is 2.97. The van der Waals surface area contributed by atoms with Crippen molar-refractivity contribution in [1.29, 1.82) is 0 Å². The lowest BCUT2D eigenvalue weighted by molar-refractivity contribution is 0.0531. The number of urea groups is 1. The van der Waals surface area contributed by atoms with Gasteiger partial charge in [0.15, 0.2) is 0 Å². The molecule has 0 saturated carbocycles. The van der Waals surface area contributed by atoms with Crippen LogP contribution in [0.1, 0.15) is 22.2 Å². The Balaban J connectivity index is 2.81. The van der Waals surface area contributed by atoms with Crippen LogP contribution in [0, 0.1) is 6.92 Å². The molecule has 0 saturated heterocycles. The van der Waals surface area contributed by atoms with Gasteiger partial charge < -0.3 is 10.1 Å². The van der Waals surface area contributed by atoms with Crippen LogP contribution in [-0.2, 0) is 4.74 Å². The van der Waals surface area contributed by atoms with E-state index in [2.05, 4.69) is 10.6 Å². The number of ether oxygens (including phenoxy) is 1. The molecule has 0 atom stereocenters. The molecule has 0 bridgehead atoms. The number of aryl methyl sites for hydroxylation is 1. The number of carbonyl (C=O) groups is 2. The molecule has 2 amide bonds.